The molecule has 15 heavy (non-hydrogen) atoms. The third kappa shape index (κ3) is 1.91. The van der Waals surface area contributed by atoms with Crippen molar-refractivity contribution in [3.63, 3.8) is 0 Å². The maximum atomic E-state index is 11.5. The molecule has 0 aromatic carbocycles. The van der Waals surface area contributed by atoms with E-state index in [1.165, 1.54) is 19.8 Å². The van der Waals surface area contributed by atoms with Gasteiger partial charge in [-0.05, 0) is 44.4 Å². The van der Waals surface area contributed by atoms with E-state index in [1.807, 2.05) is 0 Å². The number of amides is 1. The number of carbonyl (C=O) groups excluding carboxylic acids is 2. The second kappa shape index (κ2) is 3.59. The normalized spacial score (nSPS) is 32.4. The number of hydrogen-bond donors (Lipinski definition) is 2. The largest absolute Gasteiger partial charge is 0.300 e. The maximum absolute atomic E-state index is 11.5. The van der Waals surface area contributed by atoms with Gasteiger partial charge in [-0.25, -0.2) is 5.48 Å². The monoisotopic (exact) mass is 211 g/mol. The highest BCUT2D eigenvalue weighted by atomic mass is 16.5. The summed E-state index contributed by atoms with van der Waals surface area (Å²) in [5.41, 5.74) is 2.02. The van der Waals surface area contributed by atoms with Crippen molar-refractivity contribution in [2.75, 3.05) is 0 Å². The first-order valence-corrected chi connectivity index (χ1v) is 5.52. The van der Waals surface area contributed by atoms with Gasteiger partial charge < -0.3 is 0 Å². The first-order chi connectivity index (χ1) is 7.08. The van der Waals surface area contributed by atoms with E-state index in [2.05, 4.69) is 0 Å². The average Bonchev–Trinajstić information content (AvgIpc) is 2.96. The van der Waals surface area contributed by atoms with Crippen molar-refractivity contribution in [2.45, 2.75) is 39.0 Å². The lowest BCUT2D eigenvalue weighted by molar-refractivity contribution is -0.141. The van der Waals surface area contributed by atoms with E-state index in [0.717, 1.165) is 19.3 Å². The molecule has 2 aliphatic carbocycles. The van der Waals surface area contributed by atoms with E-state index in [9.17, 15) is 9.59 Å². The molecular weight excluding hydrogens is 194 g/mol. The van der Waals surface area contributed by atoms with E-state index in [1.54, 1.807) is 5.48 Å². The highest BCUT2D eigenvalue weighted by molar-refractivity contribution is 5.87. The maximum Gasteiger partial charge on any atom is 0.247 e. The molecule has 84 valence electrons. The molecule has 2 saturated carbocycles. The second-order valence-corrected chi connectivity index (χ2v) is 5.04. The SMILES string of the molecule is CC(=O)[C@H]1CCC2(CC2)C[C@@H]1C(=O)NO. The van der Waals surface area contributed by atoms with Crippen molar-refractivity contribution in [1.29, 1.82) is 0 Å². The van der Waals surface area contributed by atoms with Crippen LogP contribution in [0, 0.1) is 17.3 Å². The number of ketones is 1. The van der Waals surface area contributed by atoms with Gasteiger partial charge in [0.15, 0.2) is 0 Å². The van der Waals surface area contributed by atoms with Crippen LogP contribution in [0.15, 0.2) is 0 Å². The zero-order valence-corrected chi connectivity index (χ0v) is 8.95. The summed E-state index contributed by atoms with van der Waals surface area (Å²) in [6, 6.07) is 0. The lowest BCUT2D eigenvalue weighted by atomic mass is 9.70. The van der Waals surface area contributed by atoms with Crippen LogP contribution in [0.1, 0.15) is 39.0 Å². The van der Waals surface area contributed by atoms with Crippen molar-refractivity contribution in [3.05, 3.63) is 0 Å². The molecule has 0 saturated heterocycles. The van der Waals surface area contributed by atoms with Crippen LogP contribution in [0.5, 0.6) is 0 Å². The molecule has 2 rings (SSSR count). The summed E-state index contributed by atoms with van der Waals surface area (Å²) in [6.45, 7) is 1.53. The third-order valence-electron chi connectivity index (χ3n) is 4.05. The Morgan fingerprint density at radius 3 is 2.40 bits per heavy atom. The zero-order valence-electron chi connectivity index (χ0n) is 8.95. The highest BCUT2D eigenvalue weighted by Gasteiger charge is 2.51. The molecule has 0 aromatic rings. The minimum Gasteiger partial charge on any atom is -0.300 e. The van der Waals surface area contributed by atoms with Gasteiger partial charge in [-0.15, -0.1) is 0 Å². The fourth-order valence-electron chi connectivity index (χ4n) is 2.85. The summed E-state index contributed by atoms with van der Waals surface area (Å²) in [5, 5.41) is 8.67. The fourth-order valence-corrected chi connectivity index (χ4v) is 2.85. The van der Waals surface area contributed by atoms with E-state index in [0.29, 0.717) is 5.41 Å². The fraction of sp³-hybridized carbons (Fsp3) is 0.818. The molecule has 4 nitrogen and oxygen atoms in total. The molecule has 4 heteroatoms. The van der Waals surface area contributed by atoms with Crippen LogP contribution in [0.25, 0.3) is 0 Å². The van der Waals surface area contributed by atoms with Crippen LogP contribution in [0.3, 0.4) is 0 Å². The Labute approximate surface area is 89.0 Å². The average molecular weight is 211 g/mol. The Hall–Kier alpha value is -0.900. The number of nitrogens with one attached hydrogen (secondary N) is 1. The molecule has 0 radical (unpaired) electrons. The highest BCUT2D eigenvalue weighted by Crippen LogP contribution is 2.58. The van der Waals surface area contributed by atoms with Gasteiger partial charge in [-0.3, -0.25) is 14.8 Å². The third-order valence-corrected chi connectivity index (χ3v) is 4.05. The zero-order chi connectivity index (χ0) is 11.1. The van der Waals surface area contributed by atoms with Gasteiger partial charge >= 0.3 is 0 Å². The van der Waals surface area contributed by atoms with Gasteiger partial charge in [-0.2, -0.15) is 0 Å². The van der Waals surface area contributed by atoms with Gasteiger partial charge in [-0.1, -0.05) is 0 Å². The van der Waals surface area contributed by atoms with Crippen LogP contribution >= 0.6 is 0 Å². The van der Waals surface area contributed by atoms with Gasteiger partial charge in [0.1, 0.15) is 5.78 Å². The summed E-state index contributed by atoms with van der Waals surface area (Å²) >= 11 is 0. The minimum absolute atomic E-state index is 0.0686. The van der Waals surface area contributed by atoms with Gasteiger partial charge in [0.25, 0.3) is 0 Å². The van der Waals surface area contributed by atoms with Gasteiger partial charge in [0.2, 0.25) is 5.91 Å². The van der Waals surface area contributed by atoms with Crippen LogP contribution in [-0.2, 0) is 9.59 Å². The Balaban J connectivity index is 2.11. The van der Waals surface area contributed by atoms with Crippen molar-refractivity contribution >= 4 is 11.7 Å². The number of Topliss-reactive ketones (excluding diaryl/α,β-unsaturated/α-hetero) is 1. The molecule has 0 unspecified atom stereocenters. The molecule has 0 heterocycles. The summed E-state index contributed by atoms with van der Waals surface area (Å²) < 4.78 is 0. The van der Waals surface area contributed by atoms with Crippen LogP contribution in [-0.4, -0.2) is 16.9 Å². The lowest BCUT2D eigenvalue weighted by Gasteiger charge is -2.33. The number of hydroxylamine groups is 1. The molecule has 0 aromatic heterocycles. The summed E-state index contributed by atoms with van der Waals surface area (Å²) in [7, 11) is 0. The van der Waals surface area contributed by atoms with Crippen LogP contribution in [0.2, 0.25) is 0 Å². The standard InChI is InChI=1S/C11H17NO3/c1-7(13)8-2-3-11(4-5-11)6-9(8)10(14)12-15/h8-9,15H,2-6H2,1H3,(H,12,14)/t8-,9+/m1/s1. The Morgan fingerprint density at radius 2 is 1.93 bits per heavy atom. The van der Waals surface area contributed by atoms with E-state index < -0.39 is 0 Å². The van der Waals surface area contributed by atoms with Crippen molar-refractivity contribution < 1.29 is 14.8 Å². The Bertz CT molecular complexity index is 296. The first kappa shape index (κ1) is 10.6. The van der Waals surface area contributed by atoms with Crippen molar-refractivity contribution in [1.82, 2.24) is 5.48 Å². The number of hydrogen-bond acceptors (Lipinski definition) is 3. The molecule has 0 bridgehead atoms. The van der Waals surface area contributed by atoms with E-state index >= 15 is 0 Å². The molecule has 2 N–H and O–H groups in total. The van der Waals surface area contributed by atoms with E-state index in [4.69, 9.17) is 5.21 Å². The topological polar surface area (TPSA) is 66.4 Å². The quantitative estimate of drug-likeness (QED) is 0.534. The van der Waals surface area contributed by atoms with Crippen LogP contribution in [0.4, 0.5) is 0 Å². The first-order valence-electron chi connectivity index (χ1n) is 5.52. The molecule has 1 amide bonds. The Morgan fingerprint density at radius 1 is 1.27 bits per heavy atom. The molecule has 2 aliphatic rings. The number of rotatable bonds is 2. The minimum atomic E-state index is -0.388. The van der Waals surface area contributed by atoms with Crippen molar-refractivity contribution in [2.24, 2.45) is 17.3 Å². The Kier molecular flexibility index (Phi) is 2.54. The molecule has 0 aliphatic heterocycles. The summed E-state index contributed by atoms with van der Waals surface area (Å²) in [6.07, 6.45) is 4.98. The predicted molar refractivity (Wildman–Crippen MR) is 53.1 cm³/mol. The van der Waals surface area contributed by atoms with Gasteiger partial charge in [0.05, 0.1) is 5.92 Å². The predicted octanol–water partition coefficient (Wildman–Crippen LogP) is 1.28. The summed E-state index contributed by atoms with van der Waals surface area (Å²) in [5.74, 6) is -0.826. The van der Waals surface area contributed by atoms with Gasteiger partial charge in [0, 0.05) is 5.92 Å². The second-order valence-electron chi connectivity index (χ2n) is 5.04. The van der Waals surface area contributed by atoms with E-state index in [-0.39, 0.29) is 23.5 Å². The van der Waals surface area contributed by atoms with Crippen LogP contribution < -0.4 is 5.48 Å². The molecule has 1 spiro atoms. The smallest absolute Gasteiger partial charge is 0.247 e. The molecule has 2 atom stereocenters. The lowest BCUT2D eigenvalue weighted by Crippen LogP contribution is -2.40. The number of carbonyl (C=O) groups is 2. The van der Waals surface area contributed by atoms with Crippen molar-refractivity contribution in [3.8, 4) is 0 Å². The molecule has 2 fully saturated rings. The molecular formula is C11H17NO3. The summed E-state index contributed by atoms with van der Waals surface area (Å²) in [4.78, 5) is 22.9.